The fourth-order valence-corrected chi connectivity index (χ4v) is 5.02. The van der Waals surface area contributed by atoms with Gasteiger partial charge >= 0.3 is 0 Å². The van der Waals surface area contributed by atoms with Crippen molar-refractivity contribution < 1.29 is 9.53 Å². The van der Waals surface area contributed by atoms with Gasteiger partial charge in [-0.3, -0.25) is 14.8 Å². The molecule has 0 fully saturated rings. The number of carbonyl (C=O) groups is 1. The molecule has 0 saturated heterocycles. The summed E-state index contributed by atoms with van der Waals surface area (Å²) in [7, 11) is 1.89. The highest BCUT2D eigenvalue weighted by Crippen LogP contribution is 2.33. The lowest BCUT2D eigenvalue weighted by atomic mass is 10.1. The van der Waals surface area contributed by atoms with E-state index in [9.17, 15) is 4.79 Å². The van der Waals surface area contributed by atoms with Crippen LogP contribution in [-0.4, -0.2) is 27.3 Å². The number of nitrogens with one attached hydrogen (secondary N) is 1. The molecule has 0 unspecified atom stereocenters. The highest BCUT2D eigenvalue weighted by Gasteiger charge is 2.17. The number of hydrogen-bond acceptors (Lipinski definition) is 6. The molecule has 4 aromatic rings. The van der Waals surface area contributed by atoms with Crippen molar-refractivity contribution in [3.63, 3.8) is 0 Å². The molecule has 1 aromatic carbocycles. The Balaban J connectivity index is 1.38. The number of rotatable bonds is 3. The van der Waals surface area contributed by atoms with Crippen LogP contribution in [0, 0.1) is 6.92 Å². The molecular weight excluding hydrogens is 380 g/mol. The number of hydrogen-bond donors (Lipinski definition) is 1. The van der Waals surface area contributed by atoms with Crippen molar-refractivity contribution in [1.29, 1.82) is 0 Å². The van der Waals surface area contributed by atoms with Crippen LogP contribution in [0.3, 0.4) is 0 Å². The summed E-state index contributed by atoms with van der Waals surface area (Å²) < 4.78 is 7.36. The standard InChI is InChI=1S/C19H16N4O2S2/c1-10-13-8-16(27-18(13)23(2)22-10)17(24)21-19-20-14(9-26-19)11-3-4-15-12(7-11)5-6-25-15/h3-4,7-9H,5-6H2,1-2H3,(H,20,21,24). The van der Waals surface area contributed by atoms with Crippen molar-refractivity contribution in [2.24, 2.45) is 7.05 Å². The molecule has 0 saturated carbocycles. The number of carbonyl (C=O) groups excluding carboxylic acids is 1. The second-order valence-electron chi connectivity index (χ2n) is 6.45. The third kappa shape index (κ3) is 2.81. The molecule has 0 spiro atoms. The maximum Gasteiger partial charge on any atom is 0.267 e. The van der Waals surface area contributed by atoms with Crippen LogP contribution in [0.25, 0.3) is 21.5 Å². The Bertz CT molecular complexity index is 1150. The van der Waals surface area contributed by atoms with Gasteiger partial charge in [-0.25, -0.2) is 4.98 Å². The number of amides is 1. The zero-order chi connectivity index (χ0) is 18.5. The molecule has 1 N–H and O–H groups in total. The summed E-state index contributed by atoms with van der Waals surface area (Å²) in [5.74, 6) is 0.816. The summed E-state index contributed by atoms with van der Waals surface area (Å²) in [6, 6.07) is 8.01. The molecule has 0 aliphatic carbocycles. The number of nitrogens with zero attached hydrogens (tertiary/aromatic N) is 3. The molecule has 1 aliphatic rings. The maximum atomic E-state index is 12.6. The van der Waals surface area contributed by atoms with Gasteiger partial charge in [0.25, 0.3) is 5.91 Å². The molecule has 3 aromatic heterocycles. The van der Waals surface area contributed by atoms with Gasteiger partial charge < -0.3 is 4.74 Å². The van der Waals surface area contributed by atoms with Crippen LogP contribution in [0.1, 0.15) is 20.9 Å². The van der Waals surface area contributed by atoms with Gasteiger partial charge in [0.2, 0.25) is 0 Å². The number of ether oxygens (including phenoxy) is 1. The van der Waals surface area contributed by atoms with Crippen molar-refractivity contribution in [3.8, 4) is 17.0 Å². The Morgan fingerprint density at radius 3 is 3.07 bits per heavy atom. The van der Waals surface area contributed by atoms with E-state index in [0.29, 0.717) is 10.0 Å². The van der Waals surface area contributed by atoms with Crippen molar-refractivity contribution in [3.05, 3.63) is 45.8 Å². The SMILES string of the molecule is Cc1nn(C)c2sc(C(=O)Nc3nc(-c4ccc5c(c4)CCO5)cs3)cc12. The average molecular weight is 396 g/mol. The first-order valence-corrected chi connectivity index (χ1v) is 10.2. The summed E-state index contributed by atoms with van der Waals surface area (Å²) in [4.78, 5) is 18.9. The van der Waals surface area contributed by atoms with Crippen molar-refractivity contribution in [2.45, 2.75) is 13.3 Å². The van der Waals surface area contributed by atoms with E-state index in [1.165, 1.54) is 28.2 Å². The van der Waals surface area contributed by atoms with Gasteiger partial charge in [-0.1, -0.05) is 0 Å². The van der Waals surface area contributed by atoms with Crippen LogP contribution < -0.4 is 10.1 Å². The fourth-order valence-electron chi connectivity index (χ4n) is 3.29. The zero-order valence-electron chi connectivity index (χ0n) is 14.8. The molecular formula is C19H16N4O2S2. The molecule has 27 heavy (non-hydrogen) atoms. The van der Waals surface area contributed by atoms with Gasteiger partial charge in [-0.05, 0) is 36.8 Å². The number of thiazole rings is 1. The van der Waals surface area contributed by atoms with Crippen molar-refractivity contribution in [2.75, 3.05) is 11.9 Å². The number of aromatic nitrogens is 3. The van der Waals surface area contributed by atoms with Crippen LogP contribution in [0.5, 0.6) is 5.75 Å². The van der Waals surface area contributed by atoms with Gasteiger partial charge in [0.05, 0.1) is 22.9 Å². The lowest BCUT2D eigenvalue weighted by Gasteiger charge is -2.01. The van der Waals surface area contributed by atoms with E-state index in [2.05, 4.69) is 21.5 Å². The van der Waals surface area contributed by atoms with Crippen LogP contribution in [0.15, 0.2) is 29.6 Å². The molecule has 1 amide bonds. The predicted molar refractivity (Wildman–Crippen MR) is 108 cm³/mol. The summed E-state index contributed by atoms with van der Waals surface area (Å²) in [5.41, 5.74) is 4.04. The molecule has 8 heteroatoms. The highest BCUT2D eigenvalue weighted by atomic mass is 32.1. The maximum absolute atomic E-state index is 12.6. The Morgan fingerprint density at radius 2 is 2.22 bits per heavy atom. The molecule has 0 bridgehead atoms. The zero-order valence-corrected chi connectivity index (χ0v) is 16.4. The fraction of sp³-hybridized carbons (Fsp3) is 0.211. The second-order valence-corrected chi connectivity index (χ2v) is 8.34. The smallest absolute Gasteiger partial charge is 0.267 e. The minimum atomic E-state index is -0.140. The van der Waals surface area contributed by atoms with Crippen molar-refractivity contribution in [1.82, 2.24) is 14.8 Å². The number of aryl methyl sites for hydroxylation is 2. The molecule has 6 nitrogen and oxygen atoms in total. The van der Waals surface area contributed by atoms with E-state index in [4.69, 9.17) is 4.74 Å². The van der Waals surface area contributed by atoms with E-state index >= 15 is 0 Å². The minimum absolute atomic E-state index is 0.140. The summed E-state index contributed by atoms with van der Waals surface area (Å²) in [6.07, 6.45) is 0.928. The van der Waals surface area contributed by atoms with E-state index < -0.39 is 0 Å². The Labute approximate surface area is 163 Å². The third-order valence-corrected chi connectivity index (χ3v) is 6.59. The van der Waals surface area contributed by atoms with E-state index in [1.54, 1.807) is 0 Å². The van der Waals surface area contributed by atoms with Gasteiger partial charge in [0.15, 0.2) is 5.13 Å². The topological polar surface area (TPSA) is 69.0 Å². The van der Waals surface area contributed by atoms with E-state index in [-0.39, 0.29) is 5.91 Å². The first kappa shape index (κ1) is 16.5. The average Bonchev–Trinajstić information content (AvgIpc) is 3.41. The first-order chi connectivity index (χ1) is 13.1. The molecule has 0 radical (unpaired) electrons. The molecule has 5 rings (SSSR count). The summed E-state index contributed by atoms with van der Waals surface area (Å²) in [5, 5.41) is 10.9. The van der Waals surface area contributed by atoms with Crippen LogP contribution in [-0.2, 0) is 13.5 Å². The molecule has 136 valence electrons. The van der Waals surface area contributed by atoms with Crippen LogP contribution in [0.2, 0.25) is 0 Å². The second kappa shape index (κ2) is 6.17. The quantitative estimate of drug-likeness (QED) is 0.562. The van der Waals surface area contributed by atoms with Crippen LogP contribution >= 0.6 is 22.7 Å². The normalized spacial score (nSPS) is 13.0. The number of thiophene rings is 1. The molecule has 4 heterocycles. The van der Waals surface area contributed by atoms with Crippen LogP contribution in [0.4, 0.5) is 5.13 Å². The summed E-state index contributed by atoms with van der Waals surface area (Å²) >= 11 is 2.87. The monoisotopic (exact) mass is 396 g/mol. The Morgan fingerprint density at radius 1 is 1.33 bits per heavy atom. The van der Waals surface area contributed by atoms with E-state index in [1.807, 2.05) is 42.2 Å². The van der Waals surface area contributed by atoms with Gasteiger partial charge in [-0.15, -0.1) is 22.7 Å². The molecule has 0 atom stereocenters. The minimum Gasteiger partial charge on any atom is -0.493 e. The number of benzene rings is 1. The van der Waals surface area contributed by atoms with Gasteiger partial charge in [-0.2, -0.15) is 5.10 Å². The number of anilines is 1. The Kier molecular flexibility index (Phi) is 3.76. The Hall–Kier alpha value is -2.71. The van der Waals surface area contributed by atoms with Gasteiger partial charge in [0, 0.05) is 29.8 Å². The molecule has 1 aliphatic heterocycles. The lowest BCUT2D eigenvalue weighted by molar-refractivity contribution is 0.103. The van der Waals surface area contributed by atoms with Gasteiger partial charge in [0.1, 0.15) is 10.6 Å². The van der Waals surface area contributed by atoms with E-state index in [0.717, 1.165) is 45.9 Å². The highest BCUT2D eigenvalue weighted by molar-refractivity contribution is 7.20. The predicted octanol–water partition coefficient (Wildman–Crippen LogP) is 4.25. The largest absolute Gasteiger partial charge is 0.493 e. The van der Waals surface area contributed by atoms with Crippen molar-refractivity contribution >= 4 is 43.9 Å². The summed E-state index contributed by atoms with van der Waals surface area (Å²) in [6.45, 7) is 2.69. The first-order valence-electron chi connectivity index (χ1n) is 8.54. The lowest BCUT2D eigenvalue weighted by Crippen LogP contribution is -2.09. The number of fused-ring (bicyclic) bond motifs is 2. The third-order valence-electron chi connectivity index (χ3n) is 4.63.